The van der Waals surface area contributed by atoms with E-state index in [-0.39, 0.29) is 0 Å². The zero-order valence-corrected chi connectivity index (χ0v) is 14.2. The number of thiazole rings is 1. The fourth-order valence-electron chi connectivity index (χ4n) is 1.84. The number of nitriles is 1. The summed E-state index contributed by atoms with van der Waals surface area (Å²) < 4.78 is 6.02. The van der Waals surface area contributed by atoms with Gasteiger partial charge in [-0.05, 0) is 40.2 Å². The molecule has 0 spiro atoms. The fraction of sp³-hybridized carbons (Fsp3) is 0. The molecule has 0 saturated heterocycles. The third kappa shape index (κ3) is 3.30. The Morgan fingerprint density at radius 1 is 1.27 bits per heavy atom. The van der Waals surface area contributed by atoms with E-state index < -0.39 is 0 Å². The summed E-state index contributed by atoms with van der Waals surface area (Å²) in [5.74, 6) is 0.603. The minimum atomic E-state index is 0.465. The monoisotopic (exact) mass is 390 g/mol. The largest absolute Gasteiger partial charge is 0.450 e. The van der Waals surface area contributed by atoms with E-state index in [9.17, 15) is 5.26 Å². The van der Waals surface area contributed by atoms with Gasteiger partial charge in [-0.3, -0.25) is 0 Å². The number of nitrogens with zero attached hydrogens (tertiary/aromatic N) is 2. The predicted molar refractivity (Wildman–Crippen MR) is 92.5 cm³/mol. The van der Waals surface area contributed by atoms with E-state index in [0.717, 1.165) is 11.3 Å². The first-order valence-corrected chi connectivity index (χ1v) is 8.30. The lowest BCUT2D eigenvalue weighted by molar-refractivity contribution is 0.532. The van der Waals surface area contributed by atoms with Crippen molar-refractivity contribution < 1.29 is 4.42 Å². The lowest BCUT2D eigenvalue weighted by atomic mass is 10.2. The van der Waals surface area contributed by atoms with E-state index in [4.69, 9.17) is 16.0 Å². The average Bonchev–Trinajstić information content (AvgIpc) is 3.15. The van der Waals surface area contributed by atoms with Crippen molar-refractivity contribution in [3.8, 4) is 17.3 Å². The van der Waals surface area contributed by atoms with Gasteiger partial charge in [0, 0.05) is 22.0 Å². The Balaban J connectivity index is 1.93. The van der Waals surface area contributed by atoms with Crippen molar-refractivity contribution in [3.63, 3.8) is 0 Å². The molecule has 3 nitrogen and oxygen atoms in total. The second-order valence-electron chi connectivity index (χ2n) is 4.36. The molecule has 0 aliphatic heterocycles. The number of aromatic nitrogens is 1. The third-order valence-electron chi connectivity index (χ3n) is 2.88. The molecule has 0 N–H and O–H groups in total. The molecule has 0 amide bonds. The Labute approximate surface area is 144 Å². The van der Waals surface area contributed by atoms with Crippen LogP contribution in [0.1, 0.15) is 10.8 Å². The molecule has 0 bridgehead atoms. The van der Waals surface area contributed by atoms with Crippen molar-refractivity contribution in [2.24, 2.45) is 0 Å². The van der Waals surface area contributed by atoms with Crippen LogP contribution in [-0.4, -0.2) is 4.98 Å². The molecule has 2 heterocycles. The van der Waals surface area contributed by atoms with Crippen LogP contribution in [0.2, 0.25) is 5.02 Å². The summed E-state index contributed by atoms with van der Waals surface area (Å²) >= 11 is 10.5. The molecule has 3 aromatic rings. The molecule has 6 heteroatoms. The normalized spacial score (nSPS) is 11.4. The van der Waals surface area contributed by atoms with Crippen LogP contribution in [0.5, 0.6) is 0 Å². The van der Waals surface area contributed by atoms with Gasteiger partial charge < -0.3 is 4.42 Å². The van der Waals surface area contributed by atoms with Gasteiger partial charge in [-0.25, -0.2) is 4.98 Å². The average molecular weight is 392 g/mol. The highest BCUT2D eigenvalue weighted by atomic mass is 79.9. The van der Waals surface area contributed by atoms with Gasteiger partial charge in [-0.15, -0.1) is 11.3 Å². The van der Waals surface area contributed by atoms with E-state index in [1.54, 1.807) is 18.2 Å². The predicted octanol–water partition coefficient (Wildman–Crippen LogP) is 5.88. The van der Waals surface area contributed by atoms with Gasteiger partial charge in [-0.2, -0.15) is 5.26 Å². The van der Waals surface area contributed by atoms with Gasteiger partial charge in [0.05, 0.1) is 11.3 Å². The highest BCUT2D eigenvalue weighted by molar-refractivity contribution is 9.10. The van der Waals surface area contributed by atoms with E-state index in [1.165, 1.54) is 11.3 Å². The summed E-state index contributed by atoms with van der Waals surface area (Å²) in [5.41, 5.74) is 2.25. The van der Waals surface area contributed by atoms with Crippen LogP contribution >= 0.6 is 38.9 Å². The minimum absolute atomic E-state index is 0.465. The van der Waals surface area contributed by atoms with Gasteiger partial charge in [0.25, 0.3) is 0 Å². The Kier molecular flexibility index (Phi) is 4.44. The second kappa shape index (κ2) is 6.49. The minimum Gasteiger partial charge on any atom is -0.450 e. The third-order valence-corrected chi connectivity index (χ3v) is 4.43. The van der Waals surface area contributed by atoms with Crippen molar-refractivity contribution in [2.75, 3.05) is 0 Å². The van der Waals surface area contributed by atoms with Gasteiger partial charge >= 0.3 is 0 Å². The standard InChI is InChI=1S/C16H8BrClN2OS/c17-15-6-5-13(21-15)7-11(8-19)16-20-14(9-22-16)10-1-3-12(18)4-2-10/h1-7,9H/b11-7+. The van der Waals surface area contributed by atoms with Crippen molar-refractivity contribution in [1.82, 2.24) is 4.98 Å². The Morgan fingerprint density at radius 3 is 2.68 bits per heavy atom. The molecule has 0 radical (unpaired) electrons. The van der Waals surface area contributed by atoms with E-state index in [1.807, 2.05) is 29.6 Å². The smallest absolute Gasteiger partial charge is 0.169 e. The first-order valence-electron chi connectivity index (χ1n) is 6.24. The van der Waals surface area contributed by atoms with Crippen LogP contribution in [0.15, 0.2) is 50.9 Å². The van der Waals surface area contributed by atoms with Gasteiger partial charge in [-0.1, -0.05) is 23.7 Å². The molecule has 1 aromatic carbocycles. The first kappa shape index (κ1) is 15.0. The lowest BCUT2D eigenvalue weighted by Gasteiger charge is -1.96. The van der Waals surface area contributed by atoms with Crippen LogP contribution < -0.4 is 0 Å². The molecule has 22 heavy (non-hydrogen) atoms. The number of furan rings is 1. The number of allylic oxidation sites excluding steroid dienone is 1. The molecule has 0 saturated carbocycles. The van der Waals surface area contributed by atoms with Gasteiger partial charge in [0.1, 0.15) is 16.8 Å². The number of halogens is 2. The molecule has 0 unspecified atom stereocenters. The number of hydrogen-bond acceptors (Lipinski definition) is 4. The van der Waals surface area contributed by atoms with Gasteiger partial charge in [0.2, 0.25) is 0 Å². The lowest BCUT2D eigenvalue weighted by Crippen LogP contribution is -1.82. The highest BCUT2D eigenvalue weighted by Gasteiger charge is 2.10. The van der Waals surface area contributed by atoms with Crippen LogP contribution in [0.4, 0.5) is 0 Å². The molecule has 2 aromatic heterocycles. The van der Waals surface area contributed by atoms with Crippen LogP contribution in [0.3, 0.4) is 0 Å². The molecular formula is C16H8BrClN2OS. The molecular weight excluding hydrogens is 384 g/mol. The summed E-state index contributed by atoms with van der Waals surface area (Å²) in [7, 11) is 0. The second-order valence-corrected chi connectivity index (χ2v) is 6.43. The Morgan fingerprint density at radius 2 is 2.05 bits per heavy atom. The topological polar surface area (TPSA) is 49.8 Å². The maximum absolute atomic E-state index is 9.34. The summed E-state index contributed by atoms with van der Waals surface area (Å²) in [6, 6.07) is 13.2. The molecule has 3 rings (SSSR count). The number of hydrogen-bond donors (Lipinski definition) is 0. The van der Waals surface area contributed by atoms with Crippen molar-refractivity contribution in [1.29, 1.82) is 5.26 Å². The quantitative estimate of drug-likeness (QED) is 0.524. The maximum Gasteiger partial charge on any atom is 0.169 e. The summed E-state index contributed by atoms with van der Waals surface area (Å²) in [6.07, 6.45) is 1.68. The molecule has 0 aliphatic rings. The van der Waals surface area contributed by atoms with Crippen LogP contribution in [0.25, 0.3) is 22.9 Å². The van der Waals surface area contributed by atoms with Crippen LogP contribution in [0, 0.1) is 11.3 Å². The fourth-order valence-corrected chi connectivity index (χ4v) is 3.08. The highest BCUT2D eigenvalue weighted by Crippen LogP contribution is 2.28. The molecule has 108 valence electrons. The number of benzene rings is 1. The zero-order chi connectivity index (χ0) is 15.5. The first-order chi connectivity index (χ1) is 10.7. The van der Waals surface area contributed by atoms with Crippen LogP contribution in [-0.2, 0) is 0 Å². The Bertz CT molecular complexity index is 874. The molecule has 0 aliphatic carbocycles. The van der Waals surface area contributed by atoms with Gasteiger partial charge in [0.15, 0.2) is 4.67 Å². The molecule has 0 fully saturated rings. The summed E-state index contributed by atoms with van der Waals surface area (Å²) in [5, 5.41) is 12.6. The maximum atomic E-state index is 9.34. The summed E-state index contributed by atoms with van der Waals surface area (Å²) in [6.45, 7) is 0. The SMILES string of the molecule is N#C/C(=C\c1ccc(Br)o1)c1nc(-c2ccc(Cl)cc2)cs1. The van der Waals surface area contributed by atoms with Crippen molar-refractivity contribution in [2.45, 2.75) is 0 Å². The number of rotatable bonds is 3. The van der Waals surface area contributed by atoms with E-state index in [0.29, 0.717) is 26.0 Å². The van der Waals surface area contributed by atoms with Crippen molar-refractivity contribution >= 4 is 50.5 Å². The van der Waals surface area contributed by atoms with E-state index in [2.05, 4.69) is 27.0 Å². The molecule has 0 atom stereocenters. The van der Waals surface area contributed by atoms with Crippen molar-refractivity contribution in [3.05, 3.63) is 62.2 Å². The summed E-state index contributed by atoms with van der Waals surface area (Å²) in [4.78, 5) is 4.52. The van der Waals surface area contributed by atoms with E-state index >= 15 is 0 Å². The zero-order valence-electron chi connectivity index (χ0n) is 11.1. The Hall–Kier alpha value is -1.87.